The van der Waals surface area contributed by atoms with E-state index in [0.717, 1.165) is 21.2 Å². The van der Waals surface area contributed by atoms with E-state index in [-0.39, 0.29) is 5.91 Å². The highest BCUT2D eigenvalue weighted by molar-refractivity contribution is 9.10. The summed E-state index contributed by atoms with van der Waals surface area (Å²) < 4.78 is 11.8. The van der Waals surface area contributed by atoms with Crippen molar-refractivity contribution in [3.05, 3.63) is 75.8 Å². The first kappa shape index (κ1) is 19.2. The van der Waals surface area contributed by atoms with Crippen LogP contribution in [0.1, 0.15) is 21.5 Å². The number of amides is 1. The molecule has 146 valence electrons. The molecule has 0 saturated heterocycles. The Morgan fingerprint density at radius 1 is 1.03 bits per heavy atom. The average molecular weight is 451 g/mol. The average Bonchev–Trinajstić information content (AvgIpc) is 3.10. The van der Waals surface area contributed by atoms with Gasteiger partial charge in [-0.15, -0.1) is 0 Å². The van der Waals surface area contributed by atoms with E-state index in [4.69, 9.17) is 9.15 Å². The minimum Gasteiger partial charge on any atom is -0.496 e. The molecular weight excluding hydrogens is 432 g/mol. The highest BCUT2D eigenvalue weighted by Gasteiger charge is 2.13. The maximum Gasteiger partial charge on any atom is 0.255 e. The number of hydrogen-bond donors (Lipinski definition) is 1. The Morgan fingerprint density at radius 3 is 2.48 bits per heavy atom. The van der Waals surface area contributed by atoms with E-state index < -0.39 is 0 Å². The number of nitrogens with one attached hydrogen (secondary N) is 1. The van der Waals surface area contributed by atoms with E-state index >= 15 is 0 Å². The second-order valence-corrected chi connectivity index (χ2v) is 7.74. The first-order valence-electron chi connectivity index (χ1n) is 9.07. The molecule has 0 radical (unpaired) electrons. The van der Waals surface area contributed by atoms with Gasteiger partial charge in [-0.3, -0.25) is 4.79 Å². The van der Waals surface area contributed by atoms with Gasteiger partial charge in [-0.2, -0.15) is 0 Å². The fourth-order valence-corrected chi connectivity index (χ4v) is 3.78. The topological polar surface area (TPSA) is 64.4 Å². The van der Waals surface area contributed by atoms with Gasteiger partial charge in [0.1, 0.15) is 11.3 Å². The molecule has 0 fully saturated rings. The molecule has 0 bridgehead atoms. The van der Waals surface area contributed by atoms with Crippen LogP contribution in [0.3, 0.4) is 0 Å². The van der Waals surface area contributed by atoms with Crippen molar-refractivity contribution in [2.45, 2.75) is 13.8 Å². The van der Waals surface area contributed by atoms with E-state index in [1.165, 1.54) is 0 Å². The van der Waals surface area contributed by atoms with Gasteiger partial charge in [0.25, 0.3) is 5.91 Å². The van der Waals surface area contributed by atoms with Crippen LogP contribution in [0.2, 0.25) is 0 Å². The van der Waals surface area contributed by atoms with Crippen molar-refractivity contribution < 1.29 is 13.9 Å². The van der Waals surface area contributed by atoms with Crippen molar-refractivity contribution in [3.8, 4) is 17.2 Å². The van der Waals surface area contributed by atoms with Gasteiger partial charge in [-0.25, -0.2) is 4.98 Å². The molecule has 1 heterocycles. The summed E-state index contributed by atoms with van der Waals surface area (Å²) in [6, 6.07) is 16.8. The summed E-state index contributed by atoms with van der Waals surface area (Å²) in [6.07, 6.45) is 0. The zero-order valence-corrected chi connectivity index (χ0v) is 17.8. The molecule has 0 atom stereocenters. The largest absolute Gasteiger partial charge is 0.496 e. The maximum atomic E-state index is 12.6. The van der Waals surface area contributed by atoms with Crippen LogP contribution < -0.4 is 10.1 Å². The smallest absolute Gasteiger partial charge is 0.255 e. The Bertz CT molecular complexity index is 1210. The Balaban J connectivity index is 1.60. The monoisotopic (exact) mass is 450 g/mol. The number of halogens is 1. The third-order valence-corrected chi connectivity index (χ3v) is 5.15. The second kappa shape index (κ2) is 7.72. The van der Waals surface area contributed by atoms with Crippen molar-refractivity contribution in [3.63, 3.8) is 0 Å². The third kappa shape index (κ3) is 4.03. The fourth-order valence-electron chi connectivity index (χ4n) is 3.24. The number of hydrogen-bond acceptors (Lipinski definition) is 4. The number of methoxy groups -OCH3 is 1. The first-order chi connectivity index (χ1) is 13.9. The molecule has 4 rings (SSSR count). The Labute approximate surface area is 176 Å². The van der Waals surface area contributed by atoms with Gasteiger partial charge in [0.15, 0.2) is 5.58 Å². The number of ether oxygens (including phenoxy) is 1. The predicted octanol–water partition coefficient (Wildman–Crippen LogP) is 6.14. The van der Waals surface area contributed by atoms with Crippen LogP contribution >= 0.6 is 15.9 Å². The molecule has 0 spiro atoms. The summed E-state index contributed by atoms with van der Waals surface area (Å²) >= 11 is 3.40. The van der Waals surface area contributed by atoms with E-state index in [1.54, 1.807) is 37.4 Å². The molecule has 4 aromatic rings. The Hall–Kier alpha value is -3.12. The molecular formula is C23H19BrN2O3. The van der Waals surface area contributed by atoms with Crippen LogP contribution in [0, 0.1) is 13.8 Å². The first-order valence-corrected chi connectivity index (χ1v) is 9.86. The molecule has 1 aromatic heterocycles. The van der Waals surface area contributed by atoms with Crippen LogP contribution in [-0.4, -0.2) is 18.0 Å². The van der Waals surface area contributed by atoms with Crippen LogP contribution in [0.5, 0.6) is 5.75 Å². The number of aryl methyl sites for hydroxylation is 2. The van der Waals surface area contributed by atoms with Gasteiger partial charge < -0.3 is 14.5 Å². The molecule has 3 aromatic carbocycles. The van der Waals surface area contributed by atoms with E-state index in [0.29, 0.717) is 34.0 Å². The minimum absolute atomic E-state index is 0.217. The number of anilines is 1. The van der Waals surface area contributed by atoms with Crippen LogP contribution in [0.25, 0.3) is 22.6 Å². The number of carbonyl (C=O) groups excluding carboxylic acids is 1. The molecule has 5 nitrogen and oxygen atoms in total. The summed E-state index contributed by atoms with van der Waals surface area (Å²) in [4.78, 5) is 17.2. The summed E-state index contributed by atoms with van der Waals surface area (Å²) in [5, 5.41) is 2.90. The van der Waals surface area contributed by atoms with Gasteiger partial charge in [0.2, 0.25) is 5.89 Å². The lowest BCUT2D eigenvalue weighted by Crippen LogP contribution is -2.11. The summed E-state index contributed by atoms with van der Waals surface area (Å²) in [5.41, 5.74) is 5.77. The predicted molar refractivity (Wildman–Crippen MR) is 118 cm³/mol. The molecule has 1 N–H and O–H groups in total. The zero-order valence-electron chi connectivity index (χ0n) is 16.2. The molecule has 1 amide bonds. The molecule has 0 aliphatic rings. The van der Waals surface area contributed by atoms with Crippen molar-refractivity contribution in [1.82, 2.24) is 4.98 Å². The Kier molecular flexibility index (Phi) is 5.11. The lowest BCUT2D eigenvalue weighted by atomic mass is 10.1. The summed E-state index contributed by atoms with van der Waals surface area (Å²) in [6.45, 7) is 4.09. The zero-order chi connectivity index (χ0) is 20.5. The SMILES string of the molecule is COc1ccc(C(=O)Nc2ccc3oc(-c4cc(C)cc(C)c4)nc3c2)cc1Br. The standard InChI is InChI=1S/C23H19BrN2O3/c1-13-8-14(2)10-16(9-13)23-26-19-12-17(5-7-21(19)29-23)25-22(27)15-4-6-20(28-3)18(24)11-15/h4-12H,1-3H3,(H,25,27). The number of fused-ring (bicyclic) bond motifs is 1. The molecule has 0 aliphatic heterocycles. The van der Waals surface area contributed by atoms with E-state index in [2.05, 4.69) is 32.3 Å². The lowest BCUT2D eigenvalue weighted by molar-refractivity contribution is 0.102. The van der Waals surface area contributed by atoms with Gasteiger partial charge in [0.05, 0.1) is 11.6 Å². The molecule has 0 aliphatic carbocycles. The normalized spacial score (nSPS) is 10.9. The van der Waals surface area contributed by atoms with Crippen molar-refractivity contribution in [2.75, 3.05) is 12.4 Å². The lowest BCUT2D eigenvalue weighted by Gasteiger charge is -2.07. The van der Waals surface area contributed by atoms with Gasteiger partial charge in [-0.05, 0) is 78.3 Å². The number of aromatic nitrogens is 1. The highest BCUT2D eigenvalue weighted by Crippen LogP contribution is 2.29. The number of benzene rings is 3. The maximum absolute atomic E-state index is 12.6. The minimum atomic E-state index is -0.217. The molecule has 29 heavy (non-hydrogen) atoms. The third-order valence-electron chi connectivity index (χ3n) is 4.53. The molecule has 0 saturated carbocycles. The van der Waals surface area contributed by atoms with E-state index in [9.17, 15) is 4.79 Å². The number of rotatable bonds is 4. The summed E-state index contributed by atoms with van der Waals surface area (Å²) in [5.74, 6) is 1.02. The van der Waals surface area contributed by atoms with Gasteiger partial charge in [-0.1, -0.05) is 17.2 Å². The fraction of sp³-hybridized carbons (Fsp3) is 0.130. The van der Waals surface area contributed by atoms with Crippen LogP contribution in [0.15, 0.2) is 63.5 Å². The van der Waals surface area contributed by atoms with Crippen molar-refractivity contribution in [2.24, 2.45) is 0 Å². The Morgan fingerprint density at radius 2 is 1.79 bits per heavy atom. The summed E-state index contributed by atoms with van der Waals surface area (Å²) in [7, 11) is 1.58. The van der Waals surface area contributed by atoms with Gasteiger partial charge >= 0.3 is 0 Å². The quantitative estimate of drug-likeness (QED) is 0.405. The van der Waals surface area contributed by atoms with Gasteiger partial charge in [0, 0.05) is 16.8 Å². The number of oxazole rings is 1. The molecule has 0 unspecified atom stereocenters. The number of nitrogens with zero attached hydrogens (tertiary/aromatic N) is 1. The molecule has 6 heteroatoms. The van der Waals surface area contributed by atoms with Crippen LogP contribution in [0.4, 0.5) is 5.69 Å². The second-order valence-electron chi connectivity index (χ2n) is 6.88. The highest BCUT2D eigenvalue weighted by atomic mass is 79.9. The van der Waals surface area contributed by atoms with Crippen LogP contribution in [-0.2, 0) is 0 Å². The number of carbonyl (C=O) groups is 1. The van der Waals surface area contributed by atoms with Crippen molar-refractivity contribution >= 4 is 38.6 Å². The van der Waals surface area contributed by atoms with Crippen molar-refractivity contribution in [1.29, 1.82) is 0 Å². The van der Waals surface area contributed by atoms with E-state index in [1.807, 2.05) is 32.0 Å².